The van der Waals surface area contributed by atoms with Crippen molar-refractivity contribution in [3.63, 3.8) is 0 Å². The van der Waals surface area contributed by atoms with Gasteiger partial charge in [-0.3, -0.25) is 4.79 Å². The van der Waals surface area contributed by atoms with Crippen molar-refractivity contribution in [1.82, 2.24) is 5.32 Å². The molecule has 3 nitrogen and oxygen atoms in total. The van der Waals surface area contributed by atoms with Crippen LogP contribution in [0, 0.1) is 0 Å². The molecule has 1 atom stereocenters. The van der Waals surface area contributed by atoms with Crippen molar-refractivity contribution in [2.75, 3.05) is 13.2 Å². The Balaban J connectivity index is 1.54. The topological polar surface area (TPSA) is 38.3 Å². The van der Waals surface area contributed by atoms with E-state index >= 15 is 0 Å². The molecule has 0 fully saturated rings. The predicted octanol–water partition coefficient (Wildman–Crippen LogP) is 5.16. The molecule has 0 unspecified atom stereocenters. The Morgan fingerprint density at radius 3 is 2.17 bits per heavy atom. The second-order valence-corrected chi connectivity index (χ2v) is 7.19. The van der Waals surface area contributed by atoms with Crippen LogP contribution in [-0.2, 0) is 17.6 Å². The minimum absolute atomic E-state index is 0.0296. The van der Waals surface area contributed by atoms with Gasteiger partial charge < -0.3 is 10.1 Å². The number of ether oxygens (including phenoxy) is 1. The quantitative estimate of drug-likeness (QED) is 0.488. The molecule has 1 amide bonds. The first-order valence-corrected chi connectivity index (χ1v) is 10.3. The van der Waals surface area contributed by atoms with E-state index in [1.165, 1.54) is 5.56 Å². The summed E-state index contributed by atoms with van der Waals surface area (Å²) < 4.78 is 5.78. The minimum atomic E-state index is -0.216. The van der Waals surface area contributed by atoms with Crippen molar-refractivity contribution in [2.45, 2.75) is 32.1 Å². The molecule has 0 heterocycles. The summed E-state index contributed by atoms with van der Waals surface area (Å²) in [5.41, 5.74) is 3.50. The van der Waals surface area contributed by atoms with Gasteiger partial charge in [-0.1, -0.05) is 86.1 Å². The van der Waals surface area contributed by atoms with Gasteiger partial charge in [0.2, 0.25) is 5.91 Å². The molecule has 0 aliphatic rings. The number of hydrogen-bond donors (Lipinski definition) is 1. The SMILES string of the molecule is CCCc1ccc(OCCNC(=O)[C@H](Cc2ccccc2)c2ccccc2)cc1. The summed E-state index contributed by atoms with van der Waals surface area (Å²) >= 11 is 0. The van der Waals surface area contributed by atoms with Crippen LogP contribution in [0.15, 0.2) is 84.9 Å². The van der Waals surface area contributed by atoms with Crippen molar-refractivity contribution in [3.8, 4) is 5.75 Å². The molecular weight excluding hydrogens is 358 g/mol. The second kappa shape index (κ2) is 11.1. The van der Waals surface area contributed by atoms with Crippen LogP contribution < -0.4 is 10.1 Å². The fraction of sp³-hybridized carbons (Fsp3) is 0.269. The van der Waals surface area contributed by atoms with E-state index < -0.39 is 0 Å². The van der Waals surface area contributed by atoms with Crippen LogP contribution >= 0.6 is 0 Å². The first kappa shape index (κ1) is 20.7. The monoisotopic (exact) mass is 387 g/mol. The minimum Gasteiger partial charge on any atom is -0.492 e. The number of aryl methyl sites for hydroxylation is 1. The van der Waals surface area contributed by atoms with Crippen LogP contribution in [0.4, 0.5) is 0 Å². The number of carbonyl (C=O) groups is 1. The van der Waals surface area contributed by atoms with Crippen LogP contribution in [0.3, 0.4) is 0 Å². The Kier molecular flexibility index (Phi) is 7.88. The number of carbonyl (C=O) groups excluding carboxylic acids is 1. The summed E-state index contributed by atoms with van der Waals surface area (Å²) in [6, 6.07) is 28.3. The number of hydrogen-bond acceptors (Lipinski definition) is 2. The Hall–Kier alpha value is -3.07. The van der Waals surface area contributed by atoms with Gasteiger partial charge in [-0.05, 0) is 41.7 Å². The smallest absolute Gasteiger partial charge is 0.227 e. The normalized spacial score (nSPS) is 11.6. The number of benzene rings is 3. The summed E-state index contributed by atoms with van der Waals surface area (Å²) in [4.78, 5) is 12.9. The molecule has 0 aliphatic heterocycles. The summed E-state index contributed by atoms with van der Waals surface area (Å²) in [6.45, 7) is 3.10. The molecule has 0 aliphatic carbocycles. The summed E-state index contributed by atoms with van der Waals surface area (Å²) in [6.07, 6.45) is 2.90. The largest absolute Gasteiger partial charge is 0.492 e. The number of amides is 1. The van der Waals surface area contributed by atoms with Gasteiger partial charge in [0.15, 0.2) is 0 Å². The maximum Gasteiger partial charge on any atom is 0.227 e. The molecule has 3 aromatic rings. The van der Waals surface area contributed by atoms with Crippen molar-refractivity contribution >= 4 is 5.91 Å². The van der Waals surface area contributed by atoms with Gasteiger partial charge in [0.25, 0.3) is 0 Å². The van der Waals surface area contributed by atoms with E-state index in [2.05, 4.69) is 36.5 Å². The summed E-state index contributed by atoms with van der Waals surface area (Å²) in [5.74, 6) is 0.650. The highest BCUT2D eigenvalue weighted by atomic mass is 16.5. The molecule has 150 valence electrons. The molecular formula is C26H29NO2. The van der Waals surface area contributed by atoms with Gasteiger partial charge in [0.05, 0.1) is 12.5 Å². The Labute approximate surface area is 173 Å². The molecule has 0 saturated carbocycles. The maximum atomic E-state index is 12.9. The van der Waals surface area contributed by atoms with Gasteiger partial charge in [-0.15, -0.1) is 0 Å². The molecule has 0 saturated heterocycles. The van der Waals surface area contributed by atoms with Crippen LogP contribution in [-0.4, -0.2) is 19.1 Å². The molecule has 3 rings (SSSR count). The van der Waals surface area contributed by atoms with Crippen molar-refractivity contribution in [3.05, 3.63) is 102 Å². The van der Waals surface area contributed by atoms with Crippen LogP contribution in [0.25, 0.3) is 0 Å². The van der Waals surface area contributed by atoms with E-state index in [4.69, 9.17) is 4.74 Å². The van der Waals surface area contributed by atoms with E-state index in [9.17, 15) is 4.79 Å². The van der Waals surface area contributed by atoms with E-state index in [0.29, 0.717) is 19.6 Å². The van der Waals surface area contributed by atoms with Gasteiger partial charge in [-0.2, -0.15) is 0 Å². The van der Waals surface area contributed by atoms with E-state index in [-0.39, 0.29) is 11.8 Å². The fourth-order valence-electron chi connectivity index (χ4n) is 3.40. The lowest BCUT2D eigenvalue weighted by Gasteiger charge is -2.18. The lowest BCUT2D eigenvalue weighted by Crippen LogP contribution is -2.33. The third-order valence-corrected chi connectivity index (χ3v) is 4.93. The van der Waals surface area contributed by atoms with Gasteiger partial charge in [-0.25, -0.2) is 0 Å². The average Bonchev–Trinajstić information content (AvgIpc) is 2.77. The third kappa shape index (κ3) is 6.49. The highest BCUT2D eigenvalue weighted by Crippen LogP contribution is 2.21. The Morgan fingerprint density at radius 1 is 0.862 bits per heavy atom. The second-order valence-electron chi connectivity index (χ2n) is 7.19. The first-order chi connectivity index (χ1) is 14.3. The van der Waals surface area contributed by atoms with Crippen molar-refractivity contribution < 1.29 is 9.53 Å². The summed E-state index contributed by atoms with van der Waals surface area (Å²) in [5, 5.41) is 3.04. The molecule has 0 aromatic heterocycles. The van der Waals surface area contributed by atoms with Gasteiger partial charge in [0.1, 0.15) is 12.4 Å². The molecule has 1 N–H and O–H groups in total. The highest BCUT2D eigenvalue weighted by molar-refractivity contribution is 5.84. The predicted molar refractivity (Wildman–Crippen MR) is 118 cm³/mol. The number of rotatable bonds is 10. The summed E-state index contributed by atoms with van der Waals surface area (Å²) in [7, 11) is 0. The van der Waals surface area contributed by atoms with Crippen LogP contribution in [0.2, 0.25) is 0 Å². The van der Waals surface area contributed by atoms with E-state index in [1.807, 2.05) is 60.7 Å². The number of nitrogens with one attached hydrogen (secondary N) is 1. The average molecular weight is 388 g/mol. The Bertz CT molecular complexity index is 860. The molecule has 3 heteroatoms. The molecule has 0 radical (unpaired) electrons. The van der Waals surface area contributed by atoms with Crippen LogP contribution in [0.5, 0.6) is 5.75 Å². The molecule has 0 spiro atoms. The zero-order chi connectivity index (χ0) is 20.3. The van der Waals surface area contributed by atoms with Gasteiger partial charge >= 0.3 is 0 Å². The Morgan fingerprint density at radius 2 is 1.52 bits per heavy atom. The molecule has 0 bridgehead atoms. The van der Waals surface area contributed by atoms with Crippen LogP contribution in [0.1, 0.15) is 36.0 Å². The highest BCUT2D eigenvalue weighted by Gasteiger charge is 2.20. The zero-order valence-electron chi connectivity index (χ0n) is 17.0. The lowest BCUT2D eigenvalue weighted by molar-refractivity contribution is -0.122. The lowest BCUT2D eigenvalue weighted by atomic mass is 9.91. The van der Waals surface area contributed by atoms with Crippen molar-refractivity contribution in [1.29, 1.82) is 0 Å². The fourth-order valence-corrected chi connectivity index (χ4v) is 3.40. The standard InChI is InChI=1S/C26H29NO2/c1-2-9-21-14-16-24(17-15-21)29-19-18-27-26(28)25(23-12-7-4-8-13-23)20-22-10-5-3-6-11-22/h3-8,10-17,25H,2,9,18-20H2,1H3,(H,27,28)/t25-/m1/s1. The van der Waals surface area contributed by atoms with Gasteiger partial charge in [0, 0.05) is 0 Å². The first-order valence-electron chi connectivity index (χ1n) is 10.3. The molecule has 3 aromatic carbocycles. The zero-order valence-corrected chi connectivity index (χ0v) is 17.0. The van der Waals surface area contributed by atoms with E-state index in [0.717, 1.165) is 29.7 Å². The maximum absolute atomic E-state index is 12.9. The third-order valence-electron chi connectivity index (χ3n) is 4.93. The van der Waals surface area contributed by atoms with Crippen molar-refractivity contribution in [2.24, 2.45) is 0 Å². The van der Waals surface area contributed by atoms with E-state index in [1.54, 1.807) is 0 Å². The molecule has 29 heavy (non-hydrogen) atoms.